The van der Waals surface area contributed by atoms with Gasteiger partial charge in [0, 0.05) is 11.6 Å². The van der Waals surface area contributed by atoms with E-state index < -0.39 is 0 Å². The summed E-state index contributed by atoms with van der Waals surface area (Å²) < 4.78 is 0.637. The highest BCUT2D eigenvalue weighted by molar-refractivity contribution is 9.10. The number of nitrogen functional groups attached to an aromatic ring is 1. The van der Waals surface area contributed by atoms with E-state index in [0.717, 1.165) is 10.2 Å². The number of nitrogens with one attached hydrogen (secondary N) is 1. The Balaban J connectivity index is 1.97. The Morgan fingerprint density at radius 3 is 2.90 bits per heavy atom. The normalized spacial score (nSPS) is 10.8. The third-order valence-corrected chi connectivity index (χ3v) is 5.44. The molecule has 0 aliphatic carbocycles. The summed E-state index contributed by atoms with van der Waals surface area (Å²) in [6, 6.07) is 8.90. The number of nitrogens with two attached hydrogens (primary N) is 1. The van der Waals surface area contributed by atoms with E-state index in [1.807, 2.05) is 6.07 Å². The molecule has 21 heavy (non-hydrogen) atoms. The standard InChI is InChI=1S/C14H9BrClN3OS/c15-10-8(16)4-1-5-9(10)19-13(20)12-11(17)7-3-2-6-18-14(7)21-12/h1-6H,17H2,(H,19,20). The molecule has 0 saturated heterocycles. The molecule has 0 spiro atoms. The highest BCUT2D eigenvalue weighted by atomic mass is 79.9. The van der Waals surface area contributed by atoms with Crippen molar-refractivity contribution in [2.75, 3.05) is 11.1 Å². The van der Waals surface area contributed by atoms with Crippen LogP contribution < -0.4 is 11.1 Å². The third kappa shape index (κ3) is 2.62. The zero-order chi connectivity index (χ0) is 15.0. The molecule has 4 nitrogen and oxygen atoms in total. The number of hydrogen-bond acceptors (Lipinski definition) is 4. The minimum absolute atomic E-state index is 0.279. The largest absolute Gasteiger partial charge is 0.397 e. The van der Waals surface area contributed by atoms with Crippen molar-refractivity contribution in [3.63, 3.8) is 0 Å². The van der Waals surface area contributed by atoms with Gasteiger partial charge in [0.15, 0.2) is 0 Å². The molecule has 0 fully saturated rings. The first kappa shape index (κ1) is 14.3. The maximum absolute atomic E-state index is 12.4. The van der Waals surface area contributed by atoms with E-state index in [-0.39, 0.29) is 5.91 Å². The summed E-state index contributed by atoms with van der Waals surface area (Å²) in [5.74, 6) is -0.279. The highest BCUT2D eigenvalue weighted by Crippen LogP contribution is 2.34. The van der Waals surface area contributed by atoms with Crippen molar-refractivity contribution < 1.29 is 4.79 Å². The van der Waals surface area contributed by atoms with Crippen molar-refractivity contribution >= 4 is 66.4 Å². The number of thiophene rings is 1. The lowest BCUT2D eigenvalue weighted by Gasteiger charge is -2.07. The average molecular weight is 383 g/mol. The Morgan fingerprint density at radius 2 is 2.14 bits per heavy atom. The van der Waals surface area contributed by atoms with Crippen molar-refractivity contribution in [3.05, 3.63) is 50.9 Å². The molecule has 2 aromatic heterocycles. The molecule has 0 bridgehead atoms. The van der Waals surface area contributed by atoms with Crippen LogP contribution in [0.25, 0.3) is 10.2 Å². The van der Waals surface area contributed by atoms with Crippen LogP contribution in [0.5, 0.6) is 0 Å². The van der Waals surface area contributed by atoms with Crippen LogP contribution in [0.2, 0.25) is 5.02 Å². The number of nitrogens with zero attached hydrogens (tertiary/aromatic N) is 1. The minimum Gasteiger partial charge on any atom is -0.397 e. The second kappa shape index (κ2) is 5.63. The fourth-order valence-corrected chi connectivity index (χ4v) is 3.40. The molecule has 0 radical (unpaired) electrons. The van der Waals surface area contributed by atoms with Gasteiger partial charge in [0.05, 0.1) is 20.9 Å². The maximum Gasteiger partial charge on any atom is 0.267 e. The van der Waals surface area contributed by atoms with Crippen molar-refractivity contribution in [3.8, 4) is 0 Å². The summed E-state index contributed by atoms with van der Waals surface area (Å²) in [4.78, 5) is 17.8. The van der Waals surface area contributed by atoms with Crippen LogP contribution in [-0.4, -0.2) is 10.9 Å². The van der Waals surface area contributed by atoms with Crippen LogP contribution in [0.15, 0.2) is 41.0 Å². The number of halogens is 2. The summed E-state index contributed by atoms with van der Waals surface area (Å²) in [7, 11) is 0. The average Bonchev–Trinajstić information content (AvgIpc) is 2.82. The number of anilines is 2. The monoisotopic (exact) mass is 381 g/mol. The lowest BCUT2D eigenvalue weighted by molar-refractivity contribution is 0.103. The van der Waals surface area contributed by atoms with E-state index >= 15 is 0 Å². The smallest absolute Gasteiger partial charge is 0.267 e. The van der Waals surface area contributed by atoms with E-state index in [1.54, 1.807) is 30.5 Å². The molecule has 2 heterocycles. The molecule has 0 atom stereocenters. The van der Waals surface area contributed by atoms with E-state index in [2.05, 4.69) is 26.2 Å². The second-order valence-electron chi connectivity index (χ2n) is 4.26. The fraction of sp³-hybridized carbons (Fsp3) is 0. The summed E-state index contributed by atoms with van der Waals surface area (Å²) >= 11 is 10.6. The van der Waals surface area contributed by atoms with Gasteiger partial charge in [-0.1, -0.05) is 17.7 Å². The number of rotatable bonds is 2. The van der Waals surface area contributed by atoms with Gasteiger partial charge in [-0.15, -0.1) is 11.3 Å². The number of carbonyl (C=O) groups excluding carboxylic acids is 1. The molecule has 0 aliphatic heterocycles. The molecule has 0 unspecified atom stereocenters. The SMILES string of the molecule is Nc1c(C(=O)Nc2cccc(Cl)c2Br)sc2ncccc12. The molecule has 106 valence electrons. The van der Waals surface area contributed by atoms with Gasteiger partial charge in [-0.05, 0) is 40.2 Å². The summed E-state index contributed by atoms with van der Waals surface area (Å²) in [6.45, 7) is 0. The summed E-state index contributed by atoms with van der Waals surface area (Å²) in [5, 5.41) is 4.12. The van der Waals surface area contributed by atoms with Gasteiger partial charge in [0.2, 0.25) is 0 Å². The van der Waals surface area contributed by atoms with Crippen LogP contribution in [0.1, 0.15) is 9.67 Å². The van der Waals surface area contributed by atoms with Gasteiger partial charge < -0.3 is 11.1 Å². The van der Waals surface area contributed by atoms with E-state index in [0.29, 0.717) is 25.7 Å². The number of benzene rings is 1. The summed E-state index contributed by atoms with van der Waals surface area (Å²) in [6.07, 6.45) is 1.67. The first-order valence-electron chi connectivity index (χ1n) is 5.96. The van der Waals surface area contributed by atoms with Crippen LogP contribution in [0, 0.1) is 0 Å². The predicted molar refractivity (Wildman–Crippen MR) is 91.1 cm³/mol. The number of amides is 1. The van der Waals surface area contributed by atoms with Crippen LogP contribution in [-0.2, 0) is 0 Å². The minimum atomic E-state index is -0.279. The third-order valence-electron chi connectivity index (χ3n) is 2.91. The van der Waals surface area contributed by atoms with Gasteiger partial charge >= 0.3 is 0 Å². The van der Waals surface area contributed by atoms with Gasteiger partial charge in [0.25, 0.3) is 5.91 Å². The quantitative estimate of drug-likeness (QED) is 0.683. The Bertz CT molecular complexity index is 849. The fourth-order valence-electron chi connectivity index (χ4n) is 1.90. The maximum atomic E-state index is 12.4. The first-order valence-corrected chi connectivity index (χ1v) is 7.95. The lowest BCUT2D eigenvalue weighted by Crippen LogP contribution is -2.12. The zero-order valence-corrected chi connectivity index (χ0v) is 13.7. The highest BCUT2D eigenvalue weighted by Gasteiger charge is 2.18. The van der Waals surface area contributed by atoms with Gasteiger partial charge in [-0.25, -0.2) is 4.98 Å². The number of hydrogen-bond donors (Lipinski definition) is 2. The molecule has 1 aromatic carbocycles. The van der Waals surface area contributed by atoms with Crippen molar-refractivity contribution in [2.24, 2.45) is 0 Å². The number of carbonyl (C=O) groups is 1. The van der Waals surface area contributed by atoms with E-state index in [1.165, 1.54) is 11.3 Å². The Labute approximate surface area is 138 Å². The molecule has 3 rings (SSSR count). The molecular weight excluding hydrogens is 374 g/mol. The van der Waals surface area contributed by atoms with Crippen molar-refractivity contribution in [1.29, 1.82) is 0 Å². The number of pyridine rings is 1. The molecule has 1 amide bonds. The predicted octanol–water partition coefficient (Wildman–Crippen LogP) is 4.55. The van der Waals surface area contributed by atoms with Gasteiger partial charge in [0.1, 0.15) is 9.71 Å². The Morgan fingerprint density at radius 1 is 1.33 bits per heavy atom. The molecule has 3 aromatic rings. The number of fused-ring (bicyclic) bond motifs is 1. The first-order chi connectivity index (χ1) is 10.1. The lowest BCUT2D eigenvalue weighted by atomic mass is 10.2. The Kier molecular flexibility index (Phi) is 3.84. The van der Waals surface area contributed by atoms with Crippen molar-refractivity contribution in [1.82, 2.24) is 4.98 Å². The van der Waals surface area contributed by atoms with E-state index in [9.17, 15) is 4.79 Å². The zero-order valence-electron chi connectivity index (χ0n) is 10.6. The van der Waals surface area contributed by atoms with Crippen molar-refractivity contribution in [2.45, 2.75) is 0 Å². The molecule has 0 saturated carbocycles. The van der Waals surface area contributed by atoms with Crippen LogP contribution >= 0.6 is 38.9 Å². The van der Waals surface area contributed by atoms with Crippen LogP contribution in [0.4, 0.5) is 11.4 Å². The topological polar surface area (TPSA) is 68.0 Å². The summed E-state index contributed by atoms with van der Waals surface area (Å²) in [5.41, 5.74) is 7.07. The second-order valence-corrected chi connectivity index (χ2v) is 6.46. The molecule has 7 heteroatoms. The molecular formula is C14H9BrClN3OS. The van der Waals surface area contributed by atoms with E-state index in [4.69, 9.17) is 17.3 Å². The number of aromatic nitrogens is 1. The van der Waals surface area contributed by atoms with Gasteiger partial charge in [-0.3, -0.25) is 4.79 Å². The van der Waals surface area contributed by atoms with Gasteiger partial charge in [-0.2, -0.15) is 0 Å². The molecule has 0 aliphatic rings. The van der Waals surface area contributed by atoms with Crippen LogP contribution in [0.3, 0.4) is 0 Å². The molecule has 3 N–H and O–H groups in total. The Hall–Kier alpha value is -1.63.